The molecule has 0 saturated heterocycles. The summed E-state index contributed by atoms with van der Waals surface area (Å²) in [5.74, 6) is -1.33. The fourth-order valence-electron chi connectivity index (χ4n) is 3.17. The molecule has 1 aliphatic rings. The van der Waals surface area contributed by atoms with Crippen LogP contribution in [0.2, 0.25) is 0 Å². The van der Waals surface area contributed by atoms with Crippen molar-refractivity contribution in [3.05, 3.63) is 53.8 Å². The Kier molecular flexibility index (Phi) is 5.66. The van der Waals surface area contributed by atoms with Gasteiger partial charge in [-0.3, -0.25) is 9.79 Å². The van der Waals surface area contributed by atoms with E-state index >= 15 is 0 Å². The van der Waals surface area contributed by atoms with Gasteiger partial charge in [0, 0.05) is 36.2 Å². The zero-order valence-corrected chi connectivity index (χ0v) is 15.2. The van der Waals surface area contributed by atoms with Gasteiger partial charge < -0.3 is 10.2 Å². The second-order valence-electron chi connectivity index (χ2n) is 6.40. The number of anilines is 2. The fourth-order valence-corrected chi connectivity index (χ4v) is 3.17. The smallest absolute Gasteiger partial charge is 0.237 e. The van der Waals surface area contributed by atoms with Crippen molar-refractivity contribution in [1.29, 1.82) is 0 Å². The molecule has 0 bridgehead atoms. The lowest BCUT2D eigenvalue weighted by Gasteiger charge is -2.22. The SMILES string of the molecule is CCCCN(CC)c1ccc(N=CC2C(=O)Nc3cccc(F)c32)cc1. The maximum absolute atomic E-state index is 14.1. The van der Waals surface area contributed by atoms with Crippen molar-refractivity contribution in [1.82, 2.24) is 0 Å². The first-order valence-electron chi connectivity index (χ1n) is 9.12. The van der Waals surface area contributed by atoms with Gasteiger partial charge in [-0.2, -0.15) is 0 Å². The number of nitrogens with one attached hydrogen (secondary N) is 1. The lowest BCUT2D eigenvalue weighted by Crippen LogP contribution is -2.23. The molecule has 0 radical (unpaired) electrons. The van der Waals surface area contributed by atoms with Crippen molar-refractivity contribution in [3.63, 3.8) is 0 Å². The van der Waals surface area contributed by atoms with Gasteiger partial charge in [-0.05, 0) is 49.7 Å². The molecule has 0 saturated carbocycles. The standard InChI is InChI=1S/C21H24FN3O/c1-3-5-13-25(4-2)16-11-9-15(10-12-16)23-14-17-20-18(22)7-6-8-19(20)24-21(17)26/h6-12,14,17H,3-5,13H2,1-2H3,(H,24,26). The molecule has 5 heteroatoms. The quantitative estimate of drug-likeness (QED) is 0.720. The highest BCUT2D eigenvalue weighted by Gasteiger charge is 2.31. The van der Waals surface area contributed by atoms with Crippen LogP contribution in [0.4, 0.5) is 21.5 Å². The van der Waals surface area contributed by atoms with Crippen LogP contribution in [0.15, 0.2) is 47.5 Å². The van der Waals surface area contributed by atoms with Crippen LogP contribution in [0.3, 0.4) is 0 Å². The molecule has 3 rings (SSSR count). The fraction of sp³-hybridized carbons (Fsp3) is 0.333. The summed E-state index contributed by atoms with van der Waals surface area (Å²) in [5, 5.41) is 2.70. The van der Waals surface area contributed by atoms with E-state index in [1.165, 1.54) is 18.7 Å². The zero-order valence-electron chi connectivity index (χ0n) is 15.2. The monoisotopic (exact) mass is 353 g/mol. The van der Waals surface area contributed by atoms with Crippen molar-refractivity contribution in [2.45, 2.75) is 32.6 Å². The number of carbonyl (C=O) groups is 1. The Balaban J connectivity index is 1.75. The molecule has 1 heterocycles. The lowest BCUT2D eigenvalue weighted by molar-refractivity contribution is -0.115. The van der Waals surface area contributed by atoms with E-state index in [0.717, 1.165) is 30.9 Å². The summed E-state index contributed by atoms with van der Waals surface area (Å²) >= 11 is 0. The highest BCUT2D eigenvalue weighted by atomic mass is 19.1. The number of hydrogen-bond acceptors (Lipinski definition) is 3. The molecule has 1 atom stereocenters. The largest absolute Gasteiger partial charge is 0.372 e. The van der Waals surface area contributed by atoms with Gasteiger partial charge in [0.25, 0.3) is 0 Å². The number of unbranched alkanes of at least 4 members (excludes halogenated alkanes) is 1. The number of nitrogens with zero attached hydrogens (tertiary/aromatic N) is 2. The highest BCUT2D eigenvalue weighted by Crippen LogP contribution is 2.33. The molecule has 0 spiro atoms. The highest BCUT2D eigenvalue weighted by molar-refractivity contribution is 6.12. The molecular formula is C21H24FN3O. The number of halogens is 1. The Bertz CT molecular complexity index is 801. The number of benzene rings is 2. The number of rotatable bonds is 7. The molecule has 1 N–H and O–H groups in total. The number of hydrogen-bond donors (Lipinski definition) is 1. The summed E-state index contributed by atoms with van der Waals surface area (Å²) in [6.45, 7) is 6.33. The maximum atomic E-state index is 14.1. The molecule has 136 valence electrons. The predicted molar refractivity (Wildman–Crippen MR) is 105 cm³/mol. The Labute approximate surface area is 153 Å². The Morgan fingerprint density at radius 1 is 1.19 bits per heavy atom. The first-order chi connectivity index (χ1) is 12.6. The van der Waals surface area contributed by atoms with E-state index in [4.69, 9.17) is 0 Å². The van der Waals surface area contributed by atoms with Crippen molar-refractivity contribution in [2.75, 3.05) is 23.3 Å². The normalized spacial score (nSPS) is 16.0. The molecule has 1 amide bonds. The first kappa shape index (κ1) is 18.1. The molecule has 0 fully saturated rings. The maximum Gasteiger partial charge on any atom is 0.237 e. The van der Waals surface area contributed by atoms with Crippen molar-refractivity contribution >= 4 is 29.2 Å². The minimum Gasteiger partial charge on any atom is -0.372 e. The average Bonchev–Trinajstić information content (AvgIpc) is 2.98. The van der Waals surface area contributed by atoms with Gasteiger partial charge in [0.2, 0.25) is 5.91 Å². The summed E-state index contributed by atoms with van der Waals surface area (Å²) in [6.07, 6.45) is 3.85. The predicted octanol–water partition coefficient (Wildman–Crippen LogP) is 4.89. The van der Waals surface area contributed by atoms with Crippen molar-refractivity contribution in [3.8, 4) is 0 Å². The van der Waals surface area contributed by atoms with Gasteiger partial charge >= 0.3 is 0 Å². The number of aliphatic imine (C=N–C) groups is 1. The van der Waals surface area contributed by atoms with Crippen LogP contribution >= 0.6 is 0 Å². The van der Waals surface area contributed by atoms with Crippen molar-refractivity contribution in [2.24, 2.45) is 4.99 Å². The Morgan fingerprint density at radius 3 is 2.65 bits per heavy atom. The van der Waals surface area contributed by atoms with Gasteiger partial charge in [-0.1, -0.05) is 19.4 Å². The molecule has 26 heavy (non-hydrogen) atoms. The van der Waals surface area contributed by atoms with Crippen LogP contribution in [0, 0.1) is 5.82 Å². The number of fused-ring (bicyclic) bond motifs is 1. The van der Waals surface area contributed by atoms with E-state index in [2.05, 4.69) is 29.1 Å². The van der Waals surface area contributed by atoms with Gasteiger partial charge in [0.1, 0.15) is 11.7 Å². The second kappa shape index (κ2) is 8.13. The molecule has 2 aromatic carbocycles. The minimum absolute atomic E-state index is 0.248. The van der Waals surface area contributed by atoms with Gasteiger partial charge in [0.05, 0.1) is 5.69 Å². The Morgan fingerprint density at radius 2 is 1.96 bits per heavy atom. The molecule has 1 aliphatic heterocycles. The topological polar surface area (TPSA) is 44.7 Å². The van der Waals surface area contributed by atoms with E-state index < -0.39 is 5.92 Å². The van der Waals surface area contributed by atoms with Gasteiger partial charge in [0.15, 0.2) is 0 Å². The molecule has 2 aromatic rings. The van der Waals surface area contributed by atoms with Crippen LogP contribution in [-0.4, -0.2) is 25.2 Å². The summed E-state index contributed by atoms with van der Waals surface area (Å²) in [4.78, 5) is 18.8. The third kappa shape index (κ3) is 3.77. The zero-order chi connectivity index (χ0) is 18.5. The molecule has 4 nitrogen and oxygen atoms in total. The molecule has 0 aromatic heterocycles. The third-order valence-corrected chi connectivity index (χ3v) is 4.66. The van der Waals surface area contributed by atoms with E-state index in [0.29, 0.717) is 11.3 Å². The summed E-state index contributed by atoms with van der Waals surface area (Å²) in [7, 11) is 0. The third-order valence-electron chi connectivity index (χ3n) is 4.66. The second-order valence-corrected chi connectivity index (χ2v) is 6.40. The summed E-state index contributed by atoms with van der Waals surface area (Å²) in [6, 6.07) is 12.6. The van der Waals surface area contributed by atoms with E-state index in [-0.39, 0.29) is 11.7 Å². The average molecular weight is 353 g/mol. The summed E-state index contributed by atoms with van der Waals surface area (Å²) < 4.78 is 14.1. The van der Waals surface area contributed by atoms with Crippen LogP contribution in [0.5, 0.6) is 0 Å². The molecular weight excluding hydrogens is 329 g/mol. The van der Waals surface area contributed by atoms with E-state index in [9.17, 15) is 9.18 Å². The Hall–Kier alpha value is -2.69. The van der Waals surface area contributed by atoms with Crippen LogP contribution < -0.4 is 10.2 Å². The number of amides is 1. The van der Waals surface area contributed by atoms with Crippen molar-refractivity contribution < 1.29 is 9.18 Å². The minimum atomic E-state index is -0.692. The van der Waals surface area contributed by atoms with Crippen LogP contribution in [-0.2, 0) is 4.79 Å². The van der Waals surface area contributed by atoms with Gasteiger partial charge in [-0.25, -0.2) is 4.39 Å². The molecule has 1 unspecified atom stereocenters. The van der Waals surface area contributed by atoms with Crippen LogP contribution in [0.25, 0.3) is 0 Å². The van der Waals surface area contributed by atoms with Crippen LogP contribution in [0.1, 0.15) is 38.2 Å². The van der Waals surface area contributed by atoms with E-state index in [1.807, 2.05) is 24.3 Å². The first-order valence-corrected chi connectivity index (χ1v) is 9.12. The number of carbonyl (C=O) groups excluding carboxylic acids is 1. The van der Waals surface area contributed by atoms with Gasteiger partial charge in [-0.15, -0.1) is 0 Å². The van der Waals surface area contributed by atoms with E-state index in [1.54, 1.807) is 12.1 Å². The lowest BCUT2D eigenvalue weighted by atomic mass is 10.0. The molecule has 0 aliphatic carbocycles. The summed E-state index contributed by atoms with van der Waals surface area (Å²) in [5.41, 5.74) is 2.80.